The quantitative estimate of drug-likeness (QED) is 0.0374. The van der Waals surface area contributed by atoms with Crippen molar-refractivity contribution >= 4 is 23.9 Å². The third-order valence-corrected chi connectivity index (χ3v) is 9.21. The van der Waals surface area contributed by atoms with Gasteiger partial charge in [0, 0.05) is 85.3 Å². The average molecular weight is 924 g/mol. The first-order chi connectivity index (χ1) is 30.3. The number of esters is 4. The van der Waals surface area contributed by atoms with Crippen molar-refractivity contribution in [2.24, 2.45) is 0 Å². The fraction of sp³-hybridized carbons (Fsp3) is 0.800. The summed E-state index contributed by atoms with van der Waals surface area (Å²) in [5.74, 6) is 0.550. The number of ether oxygens (including phenoxy) is 8. The van der Waals surface area contributed by atoms with Crippen LogP contribution >= 0.6 is 0 Å². The number of benzene rings is 1. The van der Waals surface area contributed by atoms with E-state index in [0.29, 0.717) is 72.3 Å². The maximum Gasteiger partial charge on any atom is 0.307 e. The lowest BCUT2D eigenvalue weighted by atomic mass is 10.2. The van der Waals surface area contributed by atoms with Crippen LogP contribution in [0.25, 0.3) is 0 Å². The molecule has 0 spiro atoms. The second-order valence-electron chi connectivity index (χ2n) is 20.4. The molecule has 0 atom stereocenters. The normalized spacial score (nSPS) is 12.4. The van der Waals surface area contributed by atoms with E-state index in [1.165, 1.54) is 0 Å². The fourth-order valence-corrected chi connectivity index (χ4v) is 6.49. The Morgan fingerprint density at radius 2 is 0.631 bits per heavy atom. The van der Waals surface area contributed by atoms with Crippen molar-refractivity contribution in [3.8, 4) is 11.5 Å². The van der Waals surface area contributed by atoms with Crippen LogP contribution < -0.4 is 9.47 Å². The number of carbonyl (C=O) groups excluding carboxylic acids is 4. The highest BCUT2D eigenvalue weighted by Crippen LogP contribution is 2.18. The van der Waals surface area contributed by atoms with Gasteiger partial charge in [0.15, 0.2) is 0 Å². The SMILES string of the molecule is COc1ccc(OCCCN(CCCOCCCN(CCC(=O)OC(C)(C)C)CCC(=O)OC(C)(C)C)CCCOCCCN(CCC(=O)OC(C)(C)C)CCC(=O)OC(C)(C)C)cc1. The number of hydrogen-bond donors (Lipinski definition) is 0. The van der Waals surface area contributed by atoms with Gasteiger partial charge in [0.25, 0.3) is 0 Å². The molecular formula is C50H89N3O12. The van der Waals surface area contributed by atoms with E-state index >= 15 is 0 Å². The Morgan fingerprint density at radius 1 is 0.385 bits per heavy atom. The summed E-state index contributed by atoms with van der Waals surface area (Å²) >= 11 is 0. The first-order valence-corrected chi connectivity index (χ1v) is 23.8. The van der Waals surface area contributed by atoms with Crippen molar-refractivity contribution in [3.05, 3.63) is 24.3 Å². The Bertz CT molecular complexity index is 1320. The van der Waals surface area contributed by atoms with Gasteiger partial charge >= 0.3 is 23.9 Å². The van der Waals surface area contributed by atoms with Gasteiger partial charge in [-0.2, -0.15) is 0 Å². The molecule has 0 N–H and O–H groups in total. The van der Waals surface area contributed by atoms with E-state index in [0.717, 1.165) is 63.2 Å². The van der Waals surface area contributed by atoms with E-state index in [9.17, 15) is 19.2 Å². The molecule has 1 aromatic rings. The molecule has 0 fully saturated rings. The number of nitrogens with zero attached hydrogens (tertiary/aromatic N) is 3. The standard InChI is InChI=1S/C50H89N3O12/c1-47(2,3)62-43(54)23-32-52(33-24-44(55)63-48(4,5)6)29-16-38-59-36-14-27-51(31-18-40-61-42-21-19-41(58-13)20-22-42)28-15-37-60-39-17-30-53(34-25-45(56)64-49(7,8)9)35-26-46(57)65-50(10,11)12/h19-22H,14-18,23-40H2,1-13H3. The van der Waals surface area contributed by atoms with Crippen LogP contribution in [0, 0.1) is 0 Å². The largest absolute Gasteiger partial charge is 0.497 e. The van der Waals surface area contributed by atoms with Gasteiger partial charge in [0.2, 0.25) is 0 Å². The Labute approximate surface area is 392 Å². The van der Waals surface area contributed by atoms with Crippen LogP contribution in [0.1, 0.15) is 141 Å². The van der Waals surface area contributed by atoms with E-state index in [1.54, 1.807) is 7.11 Å². The van der Waals surface area contributed by atoms with Crippen molar-refractivity contribution in [3.63, 3.8) is 0 Å². The van der Waals surface area contributed by atoms with Crippen LogP contribution in [0.2, 0.25) is 0 Å². The summed E-state index contributed by atoms with van der Waals surface area (Å²) < 4.78 is 45.4. The molecule has 65 heavy (non-hydrogen) atoms. The van der Waals surface area contributed by atoms with Crippen molar-refractivity contribution in [2.45, 2.75) is 163 Å². The highest BCUT2D eigenvalue weighted by atomic mass is 16.6. The Hall–Kier alpha value is -3.50. The third kappa shape index (κ3) is 36.3. The second-order valence-corrected chi connectivity index (χ2v) is 20.4. The van der Waals surface area contributed by atoms with Crippen LogP contribution in [0.4, 0.5) is 0 Å². The molecule has 0 saturated heterocycles. The predicted octanol–water partition coefficient (Wildman–Crippen LogP) is 7.89. The lowest BCUT2D eigenvalue weighted by Gasteiger charge is -2.25. The molecule has 0 aliphatic heterocycles. The van der Waals surface area contributed by atoms with E-state index < -0.39 is 22.4 Å². The molecular weight excluding hydrogens is 835 g/mol. The first-order valence-electron chi connectivity index (χ1n) is 23.8. The lowest BCUT2D eigenvalue weighted by molar-refractivity contribution is -0.157. The van der Waals surface area contributed by atoms with E-state index in [1.807, 2.05) is 107 Å². The van der Waals surface area contributed by atoms with Crippen molar-refractivity contribution in [1.82, 2.24) is 14.7 Å². The Balaban J connectivity index is 2.65. The van der Waals surface area contributed by atoms with Gasteiger partial charge in [-0.25, -0.2) is 0 Å². The molecule has 15 nitrogen and oxygen atoms in total. The molecule has 0 radical (unpaired) electrons. The zero-order valence-corrected chi connectivity index (χ0v) is 42.8. The molecule has 0 saturated carbocycles. The molecule has 1 rings (SSSR count). The minimum absolute atomic E-state index is 0.242. The summed E-state index contributed by atoms with van der Waals surface area (Å²) in [7, 11) is 1.64. The van der Waals surface area contributed by atoms with Gasteiger partial charge in [-0.15, -0.1) is 0 Å². The zero-order chi connectivity index (χ0) is 48.9. The number of methoxy groups -OCH3 is 1. The molecule has 1 aromatic carbocycles. The molecule has 0 bridgehead atoms. The van der Waals surface area contributed by atoms with Crippen LogP contribution in [-0.4, -0.2) is 160 Å². The smallest absolute Gasteiger partial charge is 0.307 e. The molecule has 376 valence electrons. The fourth-order valence-electron chi connectivity index (χ4n) is 6.49. The molecule has 0 aromatic heterocycles. The minimum Gasteiger partial charge on any atom is -0.497 e. The molecule has 15 heteroatoms. The van der Waals surface area contributed by atoms with Gasteiger partial charge in [-0.1, -0.05) is 0 Å². The van der Waals surface area contributed by atoms with E-state index in [4.69, 9.17) is 37.9 Å². The van der Waals surface area contributed by atoms with Crippen LogP contribution in [0.3, 0.4) is 0 Å². The Kier molecular flexibility index (Phi) is 28.8. The monoisotopic (exact) mass is 924 g/mol. The maximum absolute atomic E-state index is 12.4. The highest BCUT2D eigenvalue weighted by Gasteiger charge is 2.22. The number of carbonyl (C=O) groups is 4. The van der Waals surface area contributed by atoms with Crippen molar-refractivity contribution in [1.29, 1.82) is 0 Å². The maximum atomic E-state index is 12.4. The van der Waals surface area contributed by atoms with Gasteiger partial charge in [0.1, 0.15) is 33.9 Å². The van der Waals surface area contributed by atoms with Gasteiger partial charge in [0.05, 0.1) is 39.4 Å². The van der Waals surface area contributed by atoms with Crippen LogP contribution in [0.5, 0.6) is 11.5 Å². The van der Waals surface area contributed by atoms with Crippen molar-refractivity contribution in [2.75, 3.05) is 99.0 Å². The molecule has 0 heterocycles. The second kappa shape index (κ2) is 31.5. The van der Waals surface area contributed by atoms with Gasteiger partial charge in [-0.05, 0) is 139 Å². The Morgan fingerprint density at radius 3 is 0.892 bits per heavy atom. The number of rotatable bonds is 34. The summed E-state index contributed by atoms with van der Waals surface area (Å²) in [5, 5.41) is 0. The van der Waals surface area contributed by atoms with E-state index in [-0.39, 0.29) is 49.6 Å². The predicted molar refractivity (Wildman–Crippen MR) is 254 cm³/mol. The number of hydrogen-bond acceptors (Lipinski definition) is 15. The van der Waals surface area contributed by atoms with Crippen LogP contribution in [0.15, 0.2) is 24.3 Å². The van der Waals surface area contributed by atoms with Gasteiger partial charge < -0.3 is 52.6 Å². The highest BCUT2D eigenvalue weighted by molar-refractivity contribution is 5.71. The average Bonchev–Trinajstić information content (AvgIpc) is 3.17. The lowest BCUT2D eigenvalue weighted by Crippen LogP contribution is -2.33. The summed E-state index contributed by atoms with van der Waals surface area (Å²) in [5.41, 5.74) is -2.20. The third-order valence-electron chi connectivity index (χ3n) is 9.21. The zero-order valence-electron chi connectivity index (χ0n) is 42.8. The molecule has 0 amide bonds. The van der Waals surface area contributed by atoms with E-state index in [2.05, 4.69) is 14.7 Å². The molecule has 0 unspecified atom stereocenters. The topological polar surface area (TPSA) is 152 Å². The summed E-state index contributed by atoms with van der Waals surface area (Å²) in [6.07, 6.45) is 5.08. The summed E-state index contributed by atoms with van der Waals surface area (Å²) in [6.45, 7) is 31.1. The summed E-state index contributed by atoms with van der Waals surface area (Å²) in [6, 6.07) is 7.60. The van der Waals surface area contributed by atoms with Crippen molar-refractivity contribution < 1.29 is 57.1 Å². The summed E-state index contributed by atoms with van der Waals surface area (Å²) in [4.78, 5) is 56.4. The van der Waals surface area contributed by atoms with Crippen LogP contribution in [-0.2, 0) is 47.6 Å². The molecule has 0 aliphatic rings. The first kappa shape index (κ1) is 59.5. The minimum atomic E-state index is -0.551. The molecule has 0 aliphatic carbocycles. The van der Waals surface area contributed by atoms with Gasteiger partial charge in [-0.3, -0.25) is 19.2 Å².